The van der Waals surface area contributed by atoms with E-state index in [0.29, 0.717) is 10.2 Å². The Morgan fingerprint density at radius 2 is 2.12 bits per heavy atom. The number of hydrogen-bond donors (Lipinski definition) is 1. The van der Waals surface area contributed by atoms with Crippen molar-refractivity contribution in [3.63, 3.8) is 0 Å². The lowest BCUT2D eigenvalue weighted by atomic mass is 10.2. The highest BCUT2D eigenvalue weighted by Crippen LogP contribution is 2.27. The molecule has 0 aliphatic heterocycles. The van der Waals surface area contributed by atoms with Gasteiger partial charge >= 0.3 is 0 Å². The molecule has 0 unspecified atom stereocenters. The zero-order chi connectivity index (χ0) is 12.3. The first kappa shape index (κ1) is 12.6. The summed E-state index contributed by atoms with van der Waals surface area (Å²) in [5.41, 5.74) is 0.513. The second-order valence-corrected chi connectivity index (χ2v) is 4.42. The fraction of sp³-hybridized carbons (Fsp3) is 0.300. The van der Waals surface area contributed by atoms with Crippen LogP contribution >= 0.6 is 15.9 Å². The average molecular weight is 287 g/mol. The molecule has 0 atom stereocenters. The van der Waals surface area contributed by atoms with E-state index in [2.05, 4.69) is 21.2 Å². The molecule has 0 aliphatic carbocycles. The van der Waals surface area contributed by atoms with Gasteiger partial charge in [0, 0.05) is 17.7 Å². The molecule has 1 aromatic carbocycles. The van der Waals surface area contributed by atoms with Gasteiger partial charge in [0.2, 0.25) is 5.91 Å². The molecule has 86 valence electrons. The van der Waals surface area contributed by atoms with Gasteiger partial charge in [-0.25, -0.2) is 0 Å². The fourth-order valence-corrected chi connectivity index (χ4v) is 1.54. The van der Waals surface area contributed by atoms with Crippen molar-refractivity contribution in [1.29, 1.82) is 0 Å². The molecule has 0 aromatic heterocycles. The van der Waals surface area contributed by atoms with E-state index in [0.717, 1.165) is 0 Å². The number of rotatable bonds is 3. The fourth-order valence-electron chi connectivity index (χ4n) is 1.02. The quantitative estimate of drug-likeness (QED) is 0.686. The Labute approximate surface area is 101 Å². The summed E-state index contributed by atoms with van der Waals surface area (Å²) >= 11 is 3.08. The standard InChI is InChI=1S/C10H11BrN2O3/c1-6(2)10(14)12-7-3-4-9(13(15)16)8(11)5-7/h3-6H,1-2H3,(H,12,14). The predicted octanol–water partition coefficient (Wildman–Crippen LogP) is 2.95. The number of carbonyl (C=O) groups excluding carboxylic acids is 1. The lowest BCUT2D eigenvalue weighted by molar-refractivity contribution is -0.385. The molecule has 0 heterocycles. The van der Waals surface area contributed by atoms with Crippen LogP contribution in [-0.2, 0) is 4.79 Å². The molecule has 6 heteroatoms. The number of halogens is 1. The van der Waals surface area contributed by atoms with Gasteiger partial charge in [-0.15, -0.1) is 0 Å². The van der Waals surface area contributed by atoms with Crippen LogP contribution in [0.15, 0.2) is 22.7 Å². The van der Waals surface area contributed by atoms with Crippen LogP contribution in [0.1, 0.15) is 13.8 Å². The highest BCUT2D eigenvalue weighted by molar-refractivity contribution is 9.10. The molecule has 1 N–H and O–H groups in total. The molecule has 16 heavy (non-hydrogen) atoms. The van der Waals surface area contributed by atoms with Crippen molar-refractivity contribution in [2.75, 3.05) is 5.32 Å². The van der Waals surface area contributed by atoms with E-state index in [9.17, 15) is 14.9 Å². The number of anilines is 1. The summed E-state index contributed by atoms with van der Waals surface area (Å²) < 4.78 is 0.346. The van der Waals surface area contributed by atoms with E-state index in [1.165, 1.54) is 18.2 Å². The molecule has 0 bridgehead atoms. The van der Waals surface area contributed by atoms with Gasteiger partial charge in [0.05, 0.1) is 9.40 Å². The lowest BCUT2D eigenvalue weighted by Gasteiger charge is -2.07. The highest BCUT2D eigenvalue weighted by atomic mass is 79.9. The number of amides is 1. The van der Waals surface area contributed by atoms with Crippen molar-refractivity contribution < 1.29 is 9.72 Å². The van der Waals surface area contributed by atoms with E-state index in [1.807, 2.05) is 0 Å². The third-order valence-electron chi connectivity index (χ3n) is 1.94. The minimum atomic E-state index is -0.488. The first-order valence-corrected chi connectivity index (χ1v) is 5.46. The van der Waals surface area contributed by atoms with Crippen LogP contribution in [0.25, 0.3) is 0 Å². The van der Waals surface area contributed by atoms with Gasteiger partial charge in [-0.3, -0.25) is 14.9 Å². The van der Waals surface area contributed by atoms with Crippen molar-refractivity contribution in [3.05, 3.63) is 32.8 Å². The van der Waals surface area contributed by atoms with Crippen molar-refractivity contribution >= 4 is 33.2 Å². The monoisotopic (exact) mass is 286 g/mol. The summed E-state index contributed by atoms with van der Waals surface area (Å²) in [5, 5.41) is 13.2. The number of nitro groups is 1. The Morgan fingerprint density at radius 3 is 2.56 bits per heavy atom. The van der Waals surface area contributed by atoms with Gasteiger partial charge in [-0.2, -0.15) is 0 Å². The molecule has 0 fully saturated rings. The molecule has 0 saturated carbocycles. The molecule has 1 amide bonds. The average Bonchev–Trinajstić information content (AvgIpc) is 2.16. The summed E-state index contributed by atoms with van der Waals surface area (Å²) in [6.45, 7) is 3.55. The minimum absolute atomic E-state index is 0.0254. The molecule has 0 radical (unpaired) electrons. The Bertz CT molecular complexity index is 432. The summed E-state index contributed by atoms with van der Waals surface area (Å²) in [6, 6.07) is 4.36. The number of benzene rings is 1. The predicted molar refractivity (Wildman–Crippen MR) is 64.3 cm³/mol. The second-order valence-electron chi connectivity index (χ2n) is 3.57. The molecule has 0 saturated heterocycles. The van der Waals surface area contributed by atoms with Gasteiger partial charge in [0.15, 0.2) is 0 Å². The maximum atomic E-state index is 11.4. The van der Waals surface area contributed by atoms with Crippen LogP contribution in [0.4, 0.5) is 11.4 Å². The van der Waals surface area contributed by atoms with E-state index in [4.69, 9.17) is 0 Å². The number of nitrogens with zero attached hydrogens (tertiary/aromatic N) is 1. The minimum Gasteiger partial charge on any atom is -0.326 e. The van der Waals surface area contributed by atoms with Crippen LogP contribution in [-0.4, -0.2) is 10.8 Å². The van der Waals surface area contributed by atoms with Crippen molar-refractivity contribution in [3.8, 4) is 0 Å². The number of nitro benzene ring substituents is 1. The molecule has 1 rings (SSSR count). The largest absolute Gasteiger partial charge is 0.326 e. The van der Waals surface area contributed by atoms with Gasteiger partial charge in [-0.1, -0.05) is 13.8 Å². The summed E-state index contributed by atoms with van der Waals surface area (Å²) in [5.74, 6) is -0.255. The zero-order valence-corrected chi connectivity index (χ0v) is 10.4. The van der Waals surface area contributed by atoms with Crippen LogP contribution in [0.5, 0.6) is 0 Å². The van der Waals surface area contributed by atoms with Gasteiger partial charge < -0.3 is 5.32 Å². The first-order chi connectivity index (χ1) is 7.41. The lowest BCUT2D eigenvalue weighted by Crippen LogP contribution is -2.17. The zero-order valence-electron chi connectivity index (χ0n) is 8.86. The third kappa shape index (κ3) is 3.03. The van der Waals surface area contributed by atoms with Gasteiger partial charge in [0.25, 0.3) is 5.69 Å². The van der Waals surface area contributed by atoms with E-state index >= 15 is 0 Å². The Kier molecular flexibility index (Phi) is 4.00. The van der Waals surface area contributed by atoms with E-state index in [1.54, 1.807) is 13.8 Å². The van der Waals surface area contributed by atoms with E-state index < -0.39 is 4.92 Å². The summed E-state index contributed by atoms with van der Waals surface area (Å²) in [4.78, 5) is 21.4. The maximum absolute atomic E-state index is 11.4. The van der Waals surface area contributed by atoms with Crippen molar-refractivity contribution in [2.45, 2.75) is 13.8 Å². The number of hydrogen-bond acceptors (Lipinski definition) is 3. The first-order valence-electron chi connectivity index (χ1n) is 4.66. The van der Waals surface area contributed by atoms with Crippen LogP contribution in [0.3, 0.4) is 0 Å². The van der Waals surface area contributed by atoms with E-state index in [-0.39, 0.29) is 17.5 Å². The Morgan fingerprint density at radius 1 is 1.50 bits per heavy atom. The normalized spacial score (nSPS) is 10.2. The molecule has 0 spiro atoms. The second kappa shape index (κ2) is 5.07. The smallest absolute Gasteiger partial charge is 0.283 e. The van der Waals surface area contributed by atoms with Crippen LogP contribution < -0.4 is 5.32 Å². The topological polar surface area (TPSA) is 72.2 Å². The number of carbonyl (C=O) groups is 1. The van der Waals surface area contributed by atoms with Crippen molar-refractivity contribution in [1.82, 2.24) is 0 Å². The highest BCUT2D eigenvalue weighted by Gasteiger charge is 2.13. The SMILES string of the molecule is CC(C)C(=O)Nc1ccc([N+](=O)[O-])c(Br)c1. The Balaban J connectivity index is 2.90. The van der Waals surface area contributed by atoms with Gasteiger partial charge in [-0.05, 0) is 28.1 Å². The third-order valence-corrected chi connectivity index (χ3v) is 2.57. The molecular weight excluding hydrogens is 276 g/mol. The summed E-state index contributed by atoms with van der Waals surface area (Å²) in [7, 11) is 0. The summed E-state index contributed by atoms with van der Waals surface area (Å²) in [6.07, 6.45) is 0. The molecule has 0 aliphatic rings. The number of nitrogens with one attached hydrogen (secondary N) is 1. The molecular formula is C10H11BrN2O3. The van der Waals surface area contributed by atoms with Gasteiger partial charge in [0.1, 0.15) is 0 Å². The Hall–Kier alpha value is -1.43. The maximum Gasteiger partial charge on any atom is 0.283 e. The van der Waals surface area contributed by atoms with Crippen LogP contribution in [0, 0.1) is 16.0 Å². The molecule has 1 aromatic rings. The molecule has 5 nitrogen and oxygen atoms in total. The van der Waals surface area contributed by atoms with Crippen molar-refractivity contribution in [2.24, 2.45) is 5.92 Å². The van der Waals surface area contributed by atoms with Crippen LogP contribution in [0.2, 0.25) is 0 Å².